The Labute approximate surface area is 154 Å². The van der Waals surface area contributed by atoms with Gasteiger partial charge in [0.25, 0.3) is 0 Å². The van der Waals surface area contributed by atoms with Gasteiger partial charge in [-0.05, 0) is 51.5 Å². The Morgan fingerprint density at radius 2 is 1.36 bits per heavy atom. The molecular formula is C22H38O3. The SMILES string of the molecule is CC/C=C\C/C=C\CCCCCCCCCC/C=C(/OCC)C(=O)O. The number of carboxylic acids is 1. The number of carboxylic acid groups (broad SMARTS) is 1. The van der Waals surface area contributed by atoms with Gasteiger partial charge >= 0.3 is 5.97 Å². The number of rotatable bonds is 17. The zero-order valence-corrected chi connectivity index (χ0v) is 16.3. The largest absolute Gasteiger partial charge is 0.487 e. The van der Waals surface area contributed by atoms with Gasteiger partial charge in [-0.1, -0.05) is 69.8 Å². The molecule has 0 saturated heterocycles. The van der Waals surface area contributed by atoms with Gasteiger partial charge in [0.1, 0.15) is 0 Å². The van der Waals surface area contributed by atoms with Crippen LogP contribution in [0.2, 0.25) is 0 Å². The molecule has 0 aliphatic carbocycles. The number of allylic oxidation sites excluding steroid dienone is 5. The topological polar surface area (TPSA) is 46.5 Å². The van der Waals surface area contributed by atoms with Crippen molar-refractivity contribution in [3.63, 3.8) is 0 Å². The van der Waals surface area contributed by atoms with E-state index in [1.807, 2.05) is 0 Å². The number of unbranched alkanes of at least 4 members (excludes halogenated alkanes) is 9. The second kappa shape index (κ2) is 18.8. The van der Waals surface area contributed by atoms with Crippen LogP contribution in [-0.4, -0.2) is 17.7 Å². The first-order valence-corrected chi connectivity index (χ1v) is 10.1. The second-order valence-electron chi connectivity index (χ2n) is 6.30. The van der Waals surface area contributed by atoms with Crippen molar-refractivity contribution in [2.45, 2.75) is 90.9 Å². The van der Waals surface area contributed by atoms with E-state index in [2.05, 4.69) is 31.2 Å². The number of hydrogen-bond acceptors (Lipinski definition) is 2. The van der Waals surface area contributed by atoms with Crippen LogP contribution in [0.5, 0.6) is 0 Å². The maximum Gasteiger partial charge on any atom is 0.370 e. The molecule has 0 saturated carbocycles. The van der Waals surface area contributed by atoms with Gasteiger partial charge in [0.15, 0.2) is 5.76 Å². The first-order valence-electron chi connectivity index (χ1n) is 10.1. The van der Waals surface area contributed by atoms with Crippen LogP contribution < -0.4 is 0 Å². The summed E-state index contributed by atoms with van der Waals surface area (Å²) >= 11 is 0. The van der Waals surface area contributed by atoms with Gasteiger partial charge in [-0.3, -0.25) is 0 Å². The van der Waals surface area contributed by atoms with E-state index in [0.717, 1.165) is 25.7 Å². The Hall–Kier alpha value is -1.51. The molecule has 3 nitrogen and oxygen atoms in total. The lowest BCUT2D eigenvalue weighted by molar-refractivity contribution is -0.136. The van der Waals surface area contributed by atoms with Crippen LogP contribution in [0.3, 0.4) is 0 Å². The van der Waals surface area contributed by atoms with Crippen LogP contribution >= 0.6 is 0 Å². The molecule has 25 heavy (non-hydrogen) atoms. The van der Waals surface area contributed by atoms with Crippen LogP contribution in [0.15, 0.2) is 36.1 Å². The normalized spacial score (nSPS) is 12.3. The van der Waals surface area contributed by atoms with Crippen molar-refractivity contribution in [3.8, 4) is 0 Å². The molecule has 0 atom stereocenters. The van der Waals surface area contributed by atoms with Gasteiger partial charge in [-0.15, -0.1) is 0 Å². The quantitative estimate of drug-likeness (QED) is 0.136. The van der Waals surface area contributed by atoms with Crippen LogP contribution in [-0.2, 0) is 9.53 Å². The highest BCUT2D eigenvalue weighted by Crippen LogP contribution is 2.12. The Bertz CT molecular complexity index is 394. The van der Waals surface area contributed by atoms with Gasteiger partial charge in [0.05, 0.1) is 6.61 Å². The molecule has 0 aromatic carbocycles. The molecule has 0 amide bonds. The smallest absolute Gasteiger partial charge is 0.370 e. The number of hydrogen-bond donors (Lipinski definition) is 1. The Kier molecular flexibility index (Phi) is 17.7. The molecule has 0 unspecified atom stereocenters. The molecule has 3 heteroatoms. The fraction of sp³-hybridized carbons (Fsp3) is 0.682. The molecule has 144 valence electrons. The average molecular weight is 351 g/mol. The van der Waals surface area contributed by atoms with E-state index in [-0.39, 0.29) is 5.76 Å². The molecule has 1 N–H and O–H groups in total. The molecule has 0 spiro atoms. The Balaban J connectivity index is 3.37. The summed E-state index contributed by atoms with van der Waals surface area (Å²) in [5, 5.41) is 8.93. The molecule has 0 heterocycles. The predicted octanol–water partition coefficient (Wildman–Crippen LogP) is 6.80. The average Bonchev–Trinajstić information content (AvgIpc) is 2.60. The van der Waals surface area contributed by atoms with Gasteiger partial charge in [0, 0.05) is 0 Å². The van der Waals surface area contributed by atoms with Gasteiger partial charge in [0.2, 0.25) is 0 Å². The Morgan fingerprint density at radius 1 is 0.800 bits per heavy atom. The minimum absolute atomic E-state index is 0.0953. The number of carbonyl (C=O) groups is 1. The van der Waals surface area contributed by atoms with Crippen LogP contribution in [0.1, 0.15) is 90.9 Å². The van der Waals surface area contributed by atoms with E-state index >= 15 is 0 Å². The van der Waals surface area contributed by atoms with E-state index in [4.69, 9.17) is 9.84 Å². The zero-order valence-electron chi connectivity index (χ0n) is 16.3. The van der Waals surface area contributed by atoms with E-state index in [0.29, 0.717) is 6.61 Å². The highest BCUT2D eigenvalue weighted by atomic mass is 16.5. The van der Waals surface area contributed by atoms with Crippen molar-refractivity contribution in [1.29, 1.82) is 0 Å². The maximum atomic E-state index is 10.9. The summed E-state index contributed by atoms with van der Waals surface area (Å²) in [4.78, 5) is 10.9. The van der Waals surface area contributed by atoms with Crippen LogP contribution in [0.25, 0.3) is 0 Å². The summed E-state index contributed by atoms with van der Waals surface area (Å²) in [6.45, 7) is 4.37. The van der Waals surface area contributed by atoms with E-state index in [9.17, 15) is 4.79 Å². The molecule has 0 bridgehead atoms. The number of aliphatic carboxylic acids is 1. The first kappa shape index (κ1) is 23.5. The standard InChI is InChI=1S/C22H38O3/c1-3-5-6-7-8-9-10-11-12-13-14-15-16-17-18-19-20-21(22(23)24)25-4-2/h5-6,8-9,20H,3-4,7,10-19H2,1-2H3,(H,23,24)/b6-5-,9-8-,21-20+. The highest BCUT2D eigenvalue weighted by molar-refractivity contribution is 5.84. The molecule has 0 aromatic rings. The number of ether oxygens (including phenoxy) is 1. The van der Waals surface area contributed by atoms with E-state index in [1.165, 1.54) is 51.4 Å². The monoisotopic (exact) mass is 350 g/mol. The highest BCUT2D eigenvalue weighted by Gasteiger charge is 2.06. The summed E-state index contributed by atoms with van der Waals surface area (Å²) < 4.78 is 5.08. The summed E-state index contributed by atoms with van der Waals surface area (Å²) in [7, 11) is 0. The molecule has 0 aromatic heterocycles. The Morgan fingerprint density at radius 3 is 1.92 bits per heavy atom. The van der Waals surface area contributed by atoms with Crippen LogP contribution in [0.4, 0.5) is 0 Å². The van der Waals surface area contributed by atoms with Crippen molar-refractivity contribution < 1.29 is 14.6 Å². The fourth-order valence-corrected chi connectivity index (χ4v) is 2.62. The van der Waals surface area contributed by atoms with Gasteiger partial charge in [-0.25, -0.2) is 4.79 Å². The summed E-state index contributed by atoms with van der Waals surface area (Å²) in [5.41, 5.74) is 0. The third-order valence-electron chi connectivity index (χ3n) is 4.01. The first-order chi connectivity index (χ1) is 12.2. The lowest BCUT2D eigenvalue weighted by Gasteiger charge is -2.03. The predicted molar refractivity (Wildman–Crippen MR) is 107 cm³/mol. The lowest BCUT2D eigenvalue weighted by Crippen LogP contribution is -2.04. The second-order valence-corrected chi connectivity index (χ2v) is 6.30. The molecule has 0 aliphatic heterocycles. The molecular weight excluding hydrogens is 312 g/mol. The minimum atomic E-state index is -0.964. The molecule has 0 rings (SSSR count). The van der Waals surface area contributed by atoms with Crippen molar-refractivity contribution >= 4 is 5.97 Å². The third-order valence-corrected chi connectivity index (χ3v) is 4.01. The van der Waals surface area contributed by atoms with Crippen molar-refractivity contribution in [1.82, 2.24) is 0 Å². The zero-order chi connectivity index (χ0) is 18.6. The lowest BCUT2D eigenvalue weighted by atomic mass is 10.1. The van der Waals surface area contributed by atoms with Gasteiger partial charge in [-0.2, -0.15) is 0 Å². The van der Waals surface area contributed by atoms with E-state index in [1.54, 1.807) is 13.0 Å². The van der Waals surface area contributed by atoms with Crippen molar-refractivity contribution in [3.05, 3.63) is 36.1 Å². The molecule has 0 aliphatic rings. The molecule has 0 radical (unpaired) electrons. The summed E-state index contributed by atoms with van der Waals surface area (Å²) in [6, 6.07) is 0. The minimum Gasteiger partial charge on any atom is -0.487 e. The van der Waals surface area contributed by atoms with Crippen molar-refractivity contribution in [2.24, 2.45) is 0 Å². The molecule has 0 fully saturated rings. The summed E-state index contributed by atoms with van der Waals surface area (Å²) in [6.07, 6.45) is 24.9. The van der Waals surface area contributed by atoms with Gasteiger partial charge < -0.3 is 9.84 Å². The fourth-order valence-electron chi connectivity index (χ4n) is 2.62. The maximum absolute atomic E-state index is 10.9. The summed E-state index contributed by atoms with van der Waals surface area (Å²) in [5.74, 6) is -0.868. The van der Waals surface area contributed by atoms with Crippen LogP contribution in [0, 0.1) is 0 Å². The van der Waals surface area contributed by atoms with Crippen molar-refractivity contribution in [2.75, 3.05) is 6.61 Å². The van der Waals surface area contributed by atoms with E-state index < -0.39 is 5.97 Å². The third kappa shape index (κ3) is 17.1.